The van der Waals surface area contributed by atoms with Gasteiger partial charge in [-0.15, -0.1) is 0 Å². The Morgan fingerprint density at radius 3 is 1.97 bits per heavy atom. The molecule has 0 radical (unpaired) electrons. The van der Waals surface area contributed by atoms with E-state index in [-0.39, 0.29) is 11.6 Å². The summed E-state index contributed by atoms with van der Waals surface area (Å²) in [6, 6.07) is 6.77. The average molecular weight is 448 g/mol. The van der Waals surface area contributed by atoms with Crippen LogP contribution in [0, 0.1) is 11.7 Å². The molecule has 0 N–H and O–H groups in total. The number of carbonyl (C=O) groups excluding carboxylic acids is 1. The van der Waals surface area contributed by atoms with Gasteiger partial charge in [0, 0.05) is 11.8 Å². The molecule has 0 heterocycles. The first-order chi connectivity index (χ1) is 14.4. The molecule has 2 aromatic rings. The summed E-state index contributed by atoms with van der Waals surface area (Å²) in [4.78, 5) is 11.5. The largest absolute Gasteiger partial charge is 0.416 e. The highest BCUT2D eigenvalue weighted by molar-refractivity contribution is 5.57. The molecule has 0 aromatic heterocycles. The van der Waals surface area contributed by atoms with Crippen LogP contribution in [0.1, 0.15) is 54.0 Å². The van der Waals surface area contributed by atoms with Crippen LogP contribution < -0.4 is 0 Å². The Bertz CT molecular complexity index is 887. The standard InChI is InChI=1S/C22H19F7O2/c1-12(15-8-16(21(24,25)26)10-17(9-15)22(27,28)29)31-19-7-4-14(11-30)20(19)13-2-5-18(23)6-3-13/h2-3,5-6,8-12,14,19-20H,4,7H2,1H3. The fourth-order valence-corrected chi connectivity index (χ4v) is 4.00. The zero-order valence-electron chi connectivity index (χ0n) is 16.3. The van der Waals surface area contributed by atoms with E-state index in [2.05, 4.69) is 0 Å². The summed E-state index contributed by atoms with van der Waals surface area (Å²) in [6.45, 7) is 1.37. The summed E-state index contributed by atoms with van der Waals surface area (Å²) in [5.41, 5.74) is -2.48. The molecule has 3 rings (SSSR count). The number of carbonyl (C=O) groups is 1. The Morgan fingerprint density at radius 1 is 0.935 bits per heavy atom. The minimum atomic E-state index is -4.96. The van der Waals surface area contributed by atoms with Crippen LogP contribution in [0.4, 0.5) is 30.7 Å². The maximum atomic E-state index is 13.3. The van der Waals surface area contributed by atoms with E-state index in [1.54, 1.807) is 0 Å². The van der Waals surface area contributed by atoms with Crippen molar-refractivity contribution in [3.63, 3.8) is 0 Å². The van der Waals surface area contributed by atoms with Crippen LogP contribution in [0.25, 0.3) is 0 Å². The van der Waals surface area contributed by atoms with Crippen LogP contribution in [0.15, 0.2) is 42.5 Å². The summed E-state index contributed by atoms with van der Waals surface area (Å²) in [6.07, 6.45) is -10.1. The lowest BCUT2D eigenvalue weighted by Gasteiger charge is -2.27. The first-order valence-electron chi connectivity index (χ1n) is 9.55. The van der Waals surface area contributed by atoms with E-state index in [4.69, 9.17) is 4.74 Å². The second-order valence-electron chi connectivity index (χ2n) is 7.61. The molecule has 9 heteroatoms. The van der Waals surface area contributed by atoms with E-state index in [0.717, 1.165) is 6.29 Å². The molecule has 1 aliphatic carbocycles. The number of ether oxygens (including phenoxy) is 1. The average Bonchev–Trinajstić information content (AvgIpc) is 3.09. The Labute approximate surface area is 174 Å². The quantitative estimate of drug-likeness (QED) is 0.376. The maximum absolute atomic E-state index is 13.3. The van der Waals surface area contributed by atoms with E-state index >= 15 is 0 Å². The smallest absolute Gasteiger partial charge is 0.370 e. The Hall–Kier alpha value is -2.42. The molecule has 2 aromatic carbocycles. The molecule has 1 saturated carbocycles. The summed E-state index contributed by atoms with van der Waals surface area (Å²) >= 11 is 0. The van der Waals surface area contributed by atoms with Crippen molar-refractivity contribution in [3.8, 4) is 0 Å². The topological polar surface area (TPSA) is 26.3 Å². The van der Waals surface area contributed by atoms with Crippen LogP contribution >= 0.6 is 0 Å². The summed E-state index contributed by atoms with van der Waals surface area (Å²) in [5.74, 6) is -1.40. The third kappa shape index (κ3) is 5.26. The molecule has 0 saturated heterocycles. The van der Waals surface area contributed by atoms with Gasteiger partial charge in [-0.3, -0.25) is 0 Å². The monoisotopic (exact) mass is 448 g/mol. The number of halogens is 7. The van der Waals surface area contributed by atoms with E-state index < -0.39 is 53.3 Å². The van der Waals surface area contributed by atoms with Gasteiger partial charge in [-0.25, -0.2) is 4.39 Å². The number of rotatable bonds is 5. The molecular formula is C22H19F7O2. The van der Waals surface area contributed by atoms with Crippen molar-refractivity contribution in [2.45, 2.75) is 50.2 Å². The molecule has 31 heavy (non-hydrogen) atoms. The summed E-state index contributed by atoms with van der Waals surface area (Å²) in [7, 11) is 0. The lowest BCUT2D eigenvalue weighted by atomic mass is 9.88. The molecule has 2 nitrogen and oxygen atoms in total. The van der Waals surface area contributed by atoms with Gasteiger partial charge in [0.2, 0.25) is 0 Å². The molecule has 1 fully saturated rings. The van der Waals surface area contributed by atoms with Gasteiger partial charge in [-0.1, -0.05) is 12.1 Å². The van der Waals surface area contributed by atoms with E-state index in [1.807, 2.05) is 0 Å². The molecule has 4 unspecified atom stereocenters. The van der Waals surface area contributed by atoms with Crippen LogP contribution in [-0.4, -0.2) is 12.4 Å². The number of hydrogen-bond donors (Lipinski definition) is 0. The zero-order chi connectivity index (χ0) is 23.0. The van der Waals surface area contributed by atoms with Crippen LogP contribution in [0.2, 0.25) is 0 Å². The molecule has 0 bridgehead atoms. The van der Waals surface area contributed by atoms with Gasteiger partial charge >= 0.3 is 12.4 Å². The second-order valence-corrected chi connectivity index (χ2v) is 7.61. The van der Waals surface area contributed by atoms with Gasteiger partial charge in [0.25, 0.3) is 0 Å². The van der Waals surface area contributed by atoms with E-state index in [0.29, 0.717) is 30.5 Å². The molecular weight excluding hydrogens is 429 g/mol. The first kappa shape index (κ1) is 23.2. The van der Waals surface area contributed by atoms with Crippen LogP contribution in [0.3, 0.4) is 0 Å². The number of aldehydes is 1. The third-order valence-corrected chi connectivity index (χ3v) is 5.53. The van der Waals surface area contributed by atoms with Gasteiger partial charge in [0.05, 0.1) is 23.3 Å². The molecule has 0 aliphatic heterocycles. The third-order valence-electron chi connectivity index (χ3n) is 5.53. The summed E-state index contributed by atoms with van der Waals surface area (Å²) < 4.78 is 98.0. The zero-order valence-corrected chi connectivity index (χ0v) is 16.3. The minimum Gasteiger partial charge on any atom is -0.370 e. The highest BCUT2D eigenvalue weighted by Crippen LogP contribution is 2.43. The lowest BCUT2D eigenvalue weighted by molar-refractivity contribution is -0.143. The van der Waals surface area contributed by atoms with Crippen LogP contribution in [-0.2, 0) is 21.9 Å². The molecule has 168 valence electrons. The van der Waals surface area contributed by atoms with Gasteiger partial charge in [0.15, 0.2) is 0 Å². The Balaban J connectivity index is 1.91. The van der Waals surface area contributed by atoms with Crippen molar-refractivity contribution in [1.29, 1.82) is 0 Å². The van der Waals surface area contributed by atoms with Crippen molar-refractivity contribution in [2.24, 2.45) is 5.92 Å². The summed E-state index contributed by atoms with van der Waals surface area (Å²) in [5, 5.41) is 0. The maximum Gasteiger partial charge on any atom is 0.416 e. The Kier molecular flexibility index (Phi) is 6.45. The molecule has 0 spiro atoms. The van der Waals surface area contributed by atoms with Crippen molar-refractivity contribution >= 4 is 6.29 Å². The first-order valence-corrected chi connectivity index (χ1v) is 9.55. The van der Waals surface area contributed by atoms with Gasteiger partial charge in [-0.05, 0) is 61.2 Å². The van der Waals surface area contributed by atoms with Gasteiger partial charge < -0.3 is 9.53 Å². The fraction of sp³-hybridized carbons (Fsp3) is 0.409. The lowest BCUT2D eigenvalue weighted by Crippen LogP contribution is -2.23. The predicted molar refractivity (Wildman–Crippen MR) is 97.7 cm³/mol. The minimum absolute atomic E-state index is 0.0650. The predicted octanol–water partition coefficient (Wildman–Crippen LogP) is 6.70. The highest BCUT2D eigenvalue weighted by atomic mass is 19.4. The molecule has 0 amide bonds. The van der Waals surface area contributed by atoms with Crippen molar-refractivity contribution in [2.75, 3.05) is 0 Å². The Morgan fingerprint density at radius 2 is 1.48 bits per heavy atom. The number of hydrogen-bond acceptors (Lipinski definition) is 2. The van der Waals surface area contributed by atoms with E-state index in [1.165, 1.54) is 31.2 Å². The van der Waals surface area contributed by atoms with Crippen LogP contribution in [0.5, 0.6) is 0 Å². The SMILES string of the molecule is CC(OC1CCC(C=O)C1c1ccc(F)cc1)c1cc(C(F)(F)F)cc(C(F)(F)F)c1. The fourth-order valence-electron chi connectivity index (χ4n) is 4.00. The highest BCUT2D eigenvalue weighted by Gasteiger charge is 2.40. The number of alkyl halides is 6. The van der Waals surface area contributed by atoms with Crippen molar-refractivity contribution in [3.05, 3.63) is 70.5 Å². The normalized spacial score (nSPS) is 23.0. The van der Waals surface area contributed by atoms with Crippen molar-refractivity contribution < 1.29 is 40.3 Å². The van der Waals surface area contributed by atoms with E-state index in [9.17, 15) is 35.5 Å². The number of benzene rings is 2. The van der Waals surface area contributed by atoms with Gasteiger partial charge in [-0.2, -0.15) is 26.3 Å². The molecule has 1 aliphatic rings. The van der Waals surface area contributed by atoms with Gasteiger partial charge in [0.1, 0.15) is 12.1 Å². The molecule has 4 atom stereocenters. The second kappa shape index (κ2) is 8.61. The van der Waals surface area contributed by atoms with Crippen molar-refractivity contribution in [1.82, 2.24) is 0 Å².